The molecule has 0 fully saturated rings. The maximum atomic E-state index is 13.5. The largest absolute Gasteiger partial charge is 0.418 e. The molecular formula is C21H16F3N5OS. The van der Waals surface area contributed by atoms with E-state index in [1.807, 2.05) is 6.07 Å². The number of halogens is 3. The summed E-state index contributed by atoms with van der Waals surface area (Å²) in [6, 6.07) is 12.0. The van der Waals surface area contributed by atoms with E-state index in [0.29, 0.717) is 27.0 Å². The first-order valence-corrected chi connectivity index (χ1v) is 9.99. The fourth-order valence-electron chi connectivity index (χ4n) is 3.05. The topological polar surface area (TPSA) is 72.7 Å². The summed E-state index contributed by atoms with van der Waals surface area (Å²) >= 11 is 1.16. The molecule has 10 heteroatoms. The maximum absolute atomic E-state index is 13.5. The van der Waals surface area contributed by atoms with Gasteiger partial charge in [-0.25, -0.2) is 9.67 Å². The summed E-state index contributed by atoms with van der Waals surface area (Å²) in [5.74, 6) is -0.353. The van der Waals surface area contributed by atoms with Crippen molar-refractivity contribution in [1.82, 2.24) is 19.7 Å². The fourth-order valence-corrected chi connectivity index (χ4v) is 3.99. The number of nitrogens with one attached hydrogen (secondary N) is 1. The van der Waals surface area contributed by atoms with Crippen LogP contribution in [-0.2, 0) is 6.18 Å². The van der Waals surface area contributed by atoms with E-state index < -0.39 is 17.6 Å². The lowest BCUT2D eigenvalue weighted by Crippen LogP contribution is -2.17. The third-order valence-electron chi connectivity index (χ3n) is 4.40. The summed E-state index contributed by atoms with van der Waals surface area (Å²) < 4.78 is 41.5. The van der Waals surface area contributed by atoms with Crippen LogP contribution in [0.1, 0.15) is 26.6 Å². The number of nitrogens with zero attached hydrogens (tertiary/aromatic N) is 4. The lowest BCUT2D eigenvalue weighted by Gasteiger charge is -2.15. The number of thiazole rings is 1. The molecule has 4 aromatic rings. The second-order valence-electron chi connectivity index (χ2n) is 6.70. The zero-order chi connectivity index (χ0) is 22.2. The van der Waals surface area contributed by atoms with Crippen LogP contribution in [0.3, 0.4) is 0 Å². The van der Waals surface area contributed by atoms with Crippen LogP contribution in [0.5, 0.6) is 0 Å². The molecule has 158 valence electrons. The number of para-hydroxylation sites is 1. The number of pyridine rings is 1. The van der Waals surface area contributed by atoms with Crippen LogP contribution in [0.4, 0.5) is 19.0 Å². The number of alkyl halides is 3. The Hall–Kier alpha value is -3.53. The van der Waals surface area contributed by atoms with Crippen LogP contribution in [0, 0.1) is 13.8 Å². The molecule has 0 saturated heterocycles. The van der Waals surface area contributed by atoms with Crippen molar-refractivity contribution in [3.8, 4) is 16.4 Å². The van der Waals surface area contributed by atoms with Gasteiger partial charge in [0.1, 0.15) is 15.7 Å². The van der Waals surface area contributed by atoms with Crippen molar-refractivity contribution in [2.24, 2.45) is 0 Å². The van der Waals surface area contributed by atoms with Gasteiger partial charge in [0.25, 0.3) is 5.91 Å². The standard InChI is InChI=1S/C21H16F3N5OS/c1-12-11-17(29(28-12)16-9-4-3-7-14(16)21(22,23)24)27-19(30)18-13(2)26-20(31-18)15-8-5-6-10-25-15/h3-11H,1-2H3,(H,27,30). The van der Waals surface area contributed by atoms with Crippen LogP contribution in [-0.4, -0.2) is 25.7 Å². The molecular weight excluding hydrogens is 427 g/mol. The quantitative estimate of drug-likeness (QED) is 0.466. The molecule has 0 radical (unpaired) electrons. The Morgan fingerprint density at radius 2 is 1.84 bits per heavy atom. The van der Waals surface area contributed by atoms with Crippen molar-refractivity contribution in [3.05, 3.63) is 76.6 Å². The molecule has 0 aliphatic rings. The van der Waals surface area contributed by atoms with Gasteiger partial charge in [0.15, 0.2) is 0 Å². The Bertz CT molecular complexity index is 1250. The molecule has 0 aliphatic carbocycles. The van der Waals surface area contributed by atoms with Gasteiger partial charge in [0, 0.05) is 12.3 Å². The number of aryl methyl sites for hydroxylation is 2. The Morgan fingerprint density at radius 3 is 2.55 bits per heavy atom. The Kier molecular flexibility index (Phi) is 5.32. The SMILES string of the molecule is Cc1cc(NC(=O)c2sc(-c3ccccn3)nc2C)n(-c2ccccc2C(F)(F)F)n1. The summed E-state index contributed by atoms with van der Waals surface area (Å²) in [6.07, 6.45) is -2.94. The minimum atomic E-state index is -4.57. The van der Waals surface area contributed by atoms with E-state index in [4.69, 9.17) is 0 Å². The van der Waals surface area contributed by atoms with Gasteiger partial charge in [-0.05, 0) is 38.1 Å². The fraction of sp³-hybridized carbons (Fsp3) is 0.143. The van der Waals surface area contributed by atoms with E-state index in [0.717, 1.165) is 22.1 Å². The average Bonchev–Trinajstić information content (AvgIpc) is 3.30. The van der Waals surface area contributed by atoms with Crippen molar-refractivity contribution < 1.29 is 18.0 Å². The predicted molar refractivity (Wildman–Crippen MR) is 111 cm³/mol. The number of benzene rings is 1. The van der Waals surface area contributed by atoms with Gasteiger partial charge in [-0.2, -0.15) is 18.3 Å². The van der Waals surface area contributed by atoms with Crippen molar-refractivity contribution in [3.63, 3.8) is 0 Å². The summed E-state index contributed by atoms with van der Waals surface area (Å²) in [7, 11) is 0. The molecule has 1 amide bonds. The summed E-state index contributed by atoms with van der Waals surface area (Å²) in [6.45, 7) is 3.33. The maximum Gasteiger partial charge on any atom is 0.418 e. The van der Waals surface area contributed by atoms with Crippen LogP contribution < -0.4 is 5.32 Å². The minimum Gasteiger partial charge on any atom is -0.306 e. The van der Waals surface area contributed by atoms with Crippen LogP contribution in [0.2, 0.25) is 0 Å². The molecule has 0 unspecified atom stereocenters. The van der Waals surface area contributed by atoms with E-state index in [-0.39, 0.29) is 11.5 Å². The highest BCUT2D eigenvalue weighted by Gasteiger charge is 2.34. The highest BCUT2D eigenvalue weighted by atomic mass is 32.1. The zero-order valence-electron chi connectivity index (χ0n) is 16.4. The predicted octanol–water partition coefficient (Wildman–Crippen LogP) is 5.28. The molecule has 0 bridgehead atoms. The van der Waals surface area contributed by atoms with E-state index in [1.54, 1.807) is 32.2 Å². The number of hydrogen-bond acceptors (Lipinski definition) is 5. The molecule has 0 aliphatic heterocycles. The van der Waals surface area contributed by atoms with Crippen LogP contribution in [0.25, 0.3) is 16.4 Å². The first-order valence-electron chi connectivity index (χ1n) is 9.17. The molecule has 6 nitrogen and oxygen atoms in total. The zero-order valence-corrected chi connectivity index (χ0v) is 17.3. The van der Waals surface area contributed by atoms with Crippen LogP contribution in [0.15, 0.2) is 54.7 Å². The average molecular weight is 443 g/mol. The molecule has 4 rings (SSSR count). The summed E-state index contributed by atoms with van der Waals surface area (Å²) in [5.41, 5.74) is 0.576. The van der Waals surface area contributed by atoms with Gasteiger partial charge in [0.2, 0.25) is 0 Å². The van der Waals surface area contributed by atoms with Gasteiger partial charge in [0.05, 0.1) is 28.3 Å². The van der Waals surface area contributed by atoms with Gasteiger partial charge >= 0.3 is 6.18 Å². The van der Waals surface area contributed by atoms with Crippen LogP contribution >= 0.6 is 11.3 Å². The van der Waals surface area contributed by atoms with Gasteiger partial charge in [-0.1, -0.05) is 18.2 Å². The number of carbonyl (C=O) groups excluding carboxylic acids is 1. The molecule has 1 N–H and O–H groups in total. The van der Waals surface area contributed by atoms with Gasteiger partial charge in [-0.3, -0.25) is 9.78 Å². The van der Waals surface area contributed by atoms with Crippen molar-refractivity contribution in [2.75, 3.05) is 5.32 Å². The number of rotatable bonds is 4. The monoisotopic (exact) mass is 443 g/mol. The Labute approximate surface area is 179 Å². The molecule has 1 aromatic carbocycles. The molecule has 0 saturated carbocycles. The van der Waals surface area contributed by atoms with Crippen molar-refractivity contribution >= 4 is 23.1 Å². The molecule has 3 heterocycles. The van der Waals surface area contributed by atoms with Gasteiger partial charge in [-0.15, -0.1) is 11.3 Å². The molecule has 31 heavy (non-hydrogen) atoms. The third kappa shape index (κ3) is 4.19. The minimum absolute atomic E-state index is 0.131. The normalized spacial score (nSPS) is 11.5. The highest BCUT2D eigenvalue weighted by molar-refractivity contribution is 7.17. The van der Waals surface area contributed by atoms with E-state index in [2.05, 4.69) is 20.4 Å². The number of aromatic nitrogens is 4. The number of carbonyl (C=O) groups is 1. The Balaban J connectivity index is 1.69. The van der Waals surface area contributed by atoms with E-state index >= 15 is 0 Å². The lowest BCUT2D eigenvalue weighted by molar-refractivity contribution is -0.137. The first kappa shape index (κ1) is 20.7. The highest BCUT2D eigenvalue weighted by Crippen LogP contribution is 2.35. The Morgan fingerprint density at radius 1 is 1.10 bits per heavy atom. The van der Waals surface area contributed by atoms with E-state index in [1.165, 1.54) is 24.3 Å². The molecule has 0 atom stereocenters. The molecule has 3 aromatic heterocycles. The van der Waals surface area contributed by atoms with E-state index in [9.17, 15) is 18.0 Å². The molecule has 0 spiro atoms. The summed E-state index contributed by atoms with van der Waals surface area (Å²) in [5, 5.41) is 7.41. The number of anilines is 1. The third-order valence-corrected chi connectivity index (χ3v) is 5.58. The number of hydrogen-bond donors (Lipinski definition) is 1. The smallest absolute Gasteiger partial charge is 0.306 e. The van der Waals surface area contributed by atoms with Crippen molar-refractivity contribution in [1.29, 1.82) is 0 Å². The van der Waals surface area contributed by atoms with Gasteiger partial charge < -0.3 is 5.32 Å². The second-order valence-corrected chi connectivity index (χ2v) is 7.70. The second kappa shape index (κ2) is 7.95. The van der Waals surface area contributed by atoms with Crippen molar-refractivity contribution in [2.45, 2.75) is 20.0 Å². The number of amides is 1. The first-order chi connectivity index (χ1) is 14.7. The summed E-state index contributed by atoms with van der Waals surface area (Å²) in [4.78, 5) is 21.9. The lowest BCUT2D eigenvalue weighted by atomic mass is 10.1.